The summed E-state index contributed by atoms with van der Waals surface area (Å²) in [6.45, 7) is 1.86. The van der Waals surface area contributed by atoms with Gasteiger partial charge in [-0.15, -0.1) is 0 Å². The van der Waals surface area contributed by atoms with Crippen LogP contribution in [0.15, 0.2) is 64.6 Å². The van der Waals surface area contributed by atoms with Gasteiger partial charge in [0.2, 0.25) is 5.76 Å². The number of para-hydroxylation sites is 1. The lowest BCUT2D eigenvalue weighted by Gasteiger charge is -2.28. The molecule has 1 saturated heterocycles. The maximum atomic E-state index is 13.2. The molecule has 10 nitrogen and oxygen atoms in total. The van der Waals surface area contributed by atoms with Gasteiger partial charge in [-0.2, -0.15) is 0 Å². The summed E-state index contributed by atoms with van der Waals surface area (Å²) in [5, 5.41) is 11.2. The Bertz CT molecular complexity index is 1390. The van der Waals surface area contributed by atoms with Gasteiger partial charge in [-0.3, -0.25) is 14.9 Å². The number of methoxy groups -OCH3 is 1. The minimum Gasteiger partial charge on any atom is -0.493 e. The van der Waals surface area contributed by atoms with Crippen molar-refractivity contribution in [3.63, 3.8) is 0 Å². The highest BCUT2D eigenvalue weighted by atomic mass is 16.5. The number of carbonyl (C=O) groups excluding carboxylic acids is 3. The molecule has 0 radical (unpaired) electrons. The molecule has 1 aliphatic heterocycles. The molecule has 2 heterocycles. The molecular formula is C26H22N2O8. The van der Waals surface area contributed by atoms with Crippen LogP contribution in [-0.2, 0) is 22.6 Å². The van der Waals surface area contributed by atoms with E-state index in [1.165, 1.54) is 25.3 Å². The average Bonchev–Trinajstić information content (AvgIpc) is 3.35. The first kappa shape index (κ1) is 24.3. The molecule has 0 saturated carbocycles. The van der Waals surface area contributed by atoms with Gasteiger partial charge in [0.25, 0.3) is 11.8 Å². The quantitative estimate of drug-likeness (QED) is 0.360. The van der Waals surface area contributed by atoms with Crippen molar-refractivity contribution >= 4 is 35.6 Å². The predicted octanol–water partition coefficient (Wildman–Crippen LogP) is 3.79. The van der Waals surface area contributed by atoms with Crippen molar-refractivity contribution < 1.29 is 38.2 Å². The highest BCUT2D eigenvalue weighted by molar-refractivity contribution is 6.39. The van der Waals surface area contributed by atoms with Crippen LogP contribution in [0.2, 0.25) is 0 Å². The number of barbiturate groups is 1. The minimum atomic E-state index is -1.18. The maximum absolute atomic E-state index is 13.2. The summed E-state index contributed by atoms with van der Waals surface area (Å²) in [7, 11) is 1.43. The molecule has 1 aromatic heterocycles. The molecule has 0 aliphatic carbocycles. The van der Waals surface area contributed by atoms with Crippen molar-refractivity contribution in [1.29, 1.82) is 0 Å². The van der Waals surface area contributed by atoms with Crippen LogP contribution in [0.4, 0.5) is 10.5 Å². The number of amides is 4. The number of benzene rings is 2. The highest BCUT2D eigenvalue weighted by Gasteiger charge is 2.37. The fourth-order valence-corrected chi connectivity index (χ4v) is 3.68. The number of hydrogen-bond acceptors (Lipinski definition) is 7. The number of carboxylic acid groups (broad SMARTS) is 1. The zero-order valence-corrected chi connectivity index (χ0v) is 19.4. The SMILES string of the molecule is CCc1ccccc1N1C(=O)NC(=O)/C(=C\c2ccc(OCc3ccc(C(=O)O)o3)c(OC)c2)C1=O. The molecule has 3 aromatic rings. The molecule has 1 aliphatic rings. The molecule has 0 atom stereocenters. The van der Waals surface area contributed by atoms with Gasteiger partial charge in [0.05, 0.1) is 12.8 Å². The Balaban J connectivity index is 1.59. The van der Waals surface area contributed by atoms with Gasteiger partial charge in [0.15, 0.2) is 11.5 Å². The zero-order chi connectivity index (χ0) is 25.8. The number of ether oxygens (including phenoxy) is 2. The Kier molecular flexibility index (Phi) is 6.86. The highest BCUT2D eigenvalue weighted by Crippen LogP contribution is 2.31. The molecule has 4 amide bonds. The Hall–Kier alpha value is -4.86. The molecule has 1 fully saturated rings. The number of carbonyl (C=O) groups is 4. The van der Waals surface area contributed by atoms with Crippen molar-refractivity contribution in [1.82, 2.24) is 5.32 Å². The second-order valence-corrected chi connectivity index (χ2v) is 7.71. The van der Waals surface area contributed by atoms with E-state index in [9.17, 15) is 19.2 Å². The largest absolute Gasteiger partial charge is 0.493 e. The Morgan fingerprint density at radius 2 is 1.86 bits per heavy atom. The number of imide groups is 2. The van der Waals surface area contributed by atoms with Gasteiger partial charge in [-0.1, -0.05) is 31.2 Å². The van der Waals surface area contributed by atoms with Gasteiger partial charge in [0.1, 0.15) is 17.9 Å². The summed E-state index contributed by atoms with van der Waals surface area (Å²) in [4.78, 5) is 50.2. The van der Waals surface area contributed by atoms with Crippen LogP contribution in [0.3, 0.4) is 0 Å². The first-order valence-electron chi connectivity index (χ1n) is 10.9. The number of rotatable bonds is 8. The monoisotopic (exact) mass is 490 g/mol. The normalized spacial score (nSPS) is 14.7. The fraction of sp³-hybridized carbons (Fsp3) is 0.154. The van der Waals surface area contributed by atoms with E-state index in [-0.39, 0.29) is 17.9 Å². The van der Waals surface area contributed by atoms with Gasteiger partial charge in [0, 0.05) is 0 Å². The Morgan fingerprint density at radius 3 is 2.56 bits per heavy atom. The van der Waals surface area contributed by atoms with Gasteiger partial charge in [-0.05, 0) is 54.0 Å². The van der Waals surface area contributed by atoms with Crippen molar-refractivity contribution in [2.75, 3.05) is 12.0 Å². The van der Waals surface area contributed by atoms with Crippen molar-refractivity contribution in [2.45, 2.75) is 20.0 Å². The molecule has 0 spiro atoms. The molecule has 10 heteroatoms. The molecule has 2 aromatic carbocycles. The van der Waals surface area contributed by atoms with E-state index in [0.717, 1.165) is 10.5 Å². The van der Waals surface area contributed by atoms with E-state index in [0.29, 0.717) is 34.9 Å². The van der Waals surface area contributed by atoms with Crippen LogP contribution in [0, 0.1) is 0 Å². The molecule has 36 heavy (non-hydrogen) atoms. The Morgan fingerprint density at radius 1 is 1.08 bits per heavy atom. The first-order chi connectivity index (χ1) is 17.3. The maximum Gasteiger partial charge on any atom is 0.371 e. The number of aryl methyl sites for hydroxylation is 1. The van der Waals surface area contributed by atoms with E-state index in [2.05, 4.69) is 5.32 Å². The predicted molar refractivity (Wildman–Crippen MR) is 128 cm³/mol. The van der Waals surface area contributed by atoms with Crippen LogP contribution in [0.1, 0.15) is 34.4 Å². The molecule has 0 unspecified atom stereocenters. The second kappa shape index (κ2) is 10.2. The summed E-state index contributed by atoms with van der Waals surface area (Å²) >= 11 is 0. The summed E-state index contributed by atoms with van der Waals surface area (Å²) in [5.74, 6) is -1.98. The van der Waals surface area contributed by atoms with E-state index in [4.69, 9.17) is 19.0 Å². The summed E-state index contributed by atoms with van der Waals surface area (Å²) in [6.07, 6.45) is 1.96. The number of nitrogens with zero attached hydrogens (tertiary/aromatic N) is 1. The molecule has 2 N–H and O–H groups in total. The topological polar surface area (TPSA) is 135 Å². The molecule has 4 rings (SSSR count). The van der Waals surface area contributed by atoms with E-state index in [1.807, 2.05) is 19.1 Å². The van der Waals surface area contributed by atoms with Crippen molar-refractivity contribution in [2.24, 2.45) is 0 Å². The third-order valence-corrected chi connectivity index (χ3v) is 5.46. The second-order valence-electron chi connectivity index (χ2n) is 7.71. The smallest absolute Gasteiger partial charge is 0.371 e. The first-order valence-corrected chi connectivity index (χ1v) is 10.9. The summed E-state index contributed by atoms with van der Waals surface area (Å²) in [5.41, 5.74) is 1.44. The number of anilines is 1. The van der Waals surface area contributed by atoms with Crippen LogP contribution >= 0.6 is 0 Å². The Labute approximate surface area is 205 Å². The summed E-state index contributed by atoms with van der Waals surface area (Å²) in [6, 6.07) is 13.7. The van der Waals surface area contributed by atoms with Crippen molar-refractivity contribution in [3.05, 3.63) is 82.8 Å². The number of furan rings is 1. The number of carboxylic acids is 1. The van der Waals surface area contributed by atoms with E-state index >= 15 is 0 Å². The number of urea groups is 1. The van der Waals surface area contributed by atoms with Crippen molar-refractivity contribution in [3.8, 4) is 11.5 Å². The molecule has 0 bridgehead atoms. The van der Waals surface area contributed by atoms with Gasteiger partial charge >= 0.3 is 12.0 Å². The lowest BCUT2D eigenvalue weighted by Crippen LogP contribution is -2.54. The number of hydrogen-bond donors (Lipinski definition) is 2. The van der Waals surface area contributed by atoms with Crippen LogP contribution in [0.25, 0.3) is 6.08 Å². The lowest BCUT2D eigenvalue weighted by atomic mass is 10.0. The molecule has 184 valence electrons. The third-order valence-electron chi connectivity index (χ3n) is 5.46. The van der Waals surface area contributed by atoms with Gasteiger partial charge in [-0.25, -0.2) is 14.5 Å². The van der Waals surface area contributed by atoms with Gasteiger partial charge < -0.3 is 19.0 Å². The third kappa shape index (κ3) is 4.83. The number of aromatic carboxylic acids is 1. The minimum absolute atomic E-state index is 0.0428. The van der Waals surface area contributed by atoms with Crippen LogP contribution in [0.5, 0.6) is 11.5 Å². The zero-order valence-electron chi connectivity index (χ0n) is 19.4. The lowest BCUT2D eigenvalue weighted by molar-refractivity contribution is -0.122. The van der Waals surface area contributed by atoms with E-state index < -0.39 is 23.8 Å². The van der Waals surface area contributed by atoms with E-state index in [1.54, 1.807) is 30.3 Å². The standard InChI is InChI=1S/C26H22N2O8/c1-3-16-6-4-5-7-19(16)28-24(30)18(23(29)27-26(28)33)12-15-8-10-20(22(13-15)34-2)35-14-17-9-11-21(36-17)25(31)32/h4-13H,3,14H2,1-2H3,(H,31,32)(H,27,29,33)/b18-12+. The van der Waals surface area contributed by atoms with Crippen LogP contribution in [-0.4, -0.2) is 36.0 Å². The summed E-state index contributed by atoms with van der Waals surface area (Å²) < 4.78 is 16.2. The fourth-order valence-electron chi connectivity index (χ4n) is 3.68. The van der Waals surface area contributed by atoms with Crippen LogP contribution < -0.4 is 19.7 Å². The average molecular weight is 490 g/mol. The molecular weight excluding hydrogens is 468 g/mol. The number of nitrogens with one attached hydrogen (secondary N) is 1.